The van der Waals surface area contributed by atoms with Crippen molar-refractivity contribution in [3.63, 3.8) is 0 Å². The molecule has 1 saturated heterocycles. The minimum atomic E-state index is -0.593. The number of aromatic amines is 1. The van der Waals surface area contributed by atoms with Crippen molar-refractivity contribution in [2.45, 2.75) is 31.3 Å². The number of hydrogen-bond donors (Lipinski definition) is 2. The molecule has 0 radical (unpaired) electrons. The maximum absolute atomic E-state index is 13.5. The third-order valence-corrected chi connectivity index (χ3v) is 3.24. The molecule has 0 saturated carbocycles. The van der Waals surface area contributed by atoms with E-state index in [0.717, 1.165) is 18.4 Å². The first-order valence-electron chi connectivity index (χ1n) is 4.91. The molecule has 0 aliphatic carbocycles. The van der Waals surface area contributed by atoms with E-state index >= 15 is 0 Å². The van der Waals surface area contributed by atoms with Crippen LogP contribution in [0.1, 0.15) is 30.0 Å². The average Bonchev–Trinajstić information content (AvgIpc) is 2.56. The molecule has 3 nitrogen and oxygen atoms in total. The van der Waals surface area contributed by atoms with Gasteiger partial charge in [0.25, 0.3) is 5.56 Å². The minimum Gasteiger partial charge on any atom is -0.326 e. The van der Waals surface area contributed by atoms with Gasteiger partial charge >= 0.3 is 0 Å². The molecular formula is C10H11FN2O. The molecule has 2 aliphatic rings. The van der Waals surface area contributed by atoms with Crippen molar-refractivity contribution in [2.24, 2.45) is 0 Å². The van der Waals surface area contributed by atoms with E-state index in [-0.39, 0.29) is 6.04 Å². The Morgan fingerprint density at radius 2 is 2.29 bits per heavy atom. The predicted molar refractivity (Wildman–Crippen MR) is 49.6 cm³/mol. The standard InChI is InChI=1S/C10H11FN2O/c11-9-6-3-5-1-2-8(13-5)7(6)4-12-10(9)14/h4-5,8,13H,1-3H2,(H,12,14). The minimum absolute atomic E-state index is 0.245. The SMILES string of the molecule is O=c1[nH]cc2c(c1F)CC1CCC2N1. The number of nitrogens with one attached hydrogen (secondary N) is 2. The number of halogens is 1. The lowest BCUT2D eigenvalue weighted by molar-refractivity contribution is 0.483. The lowest BCUT2D eigenvalue weighted by atomic mass is 9.97. The Bertz CT molecular complexity index is 440. The van der Waals surface area contributed by atoms with Gasteiger partial charge in [-0.1, -0.05) is 0 Å². The highest BCUT2D eigenvalue weighted by atomic mass is 19.1. The summed E-state index contributed by atoms with van der Waals surface area (Å²) >= 11 is 0. The largest absolute Gasteiger partial charge is 0.326 e. The molecule has 2 atom stereocenters. The van der Waals surface area contributed by atoms with Crippen LogP contribution in [0.2, 0.25) is 0 Å². The summed E-state index contributed by atoms with van der Waals surface area (Å²) in [7, 11) is 0. The summed E-state index contributed by atoms with van der Waals surface area (Å²) in [5.74, 6) is -0.582. The molecule has 2 unspecified atom stereocenters. The molecule has 0 amide bonds. The molecule has 2 bridgehead atoms. The molecular weight excluding hydrogens is 183 g/mol. The van der Waals surface area contributed by atoms with Gasteiger partial charge in [0.2, 0.25) is 0 Å². The molecule has 2 N–H and O–H groups in total. The summed E-state index contributed by atoms with van der Waals surface area (Å²) in [5.41, 5.74) is 0.973. The van der Waals surface area contributed by atoms with Crippen molar-refractivity contribution in [3.05, 3.63) is 33.5 Å². The molecule has 3 rings (SSSR count). The average molecular weight is 194 g/mol. The number of pyridine rings is 1. The van der Waals surface area contributed by atoms with Crippen LogP contribution in [0.3, 0.4) is 0 Å². The number of aromatic nitrogens is 1. The molecule has 0 aromatic carbocycles. The van der Waals surface area contributed by atoms with Crippen LogP contribution in [-0.2, 0) is 6.42 Å². The van der Waals surface area contributed by atoms with Gasteiger partial charge in [-0.25, -0.2) is 4.39 Å². The van der Waals surface area contributed by atoms with E-state index in [1.807, 2.05) is 0 Å². The summed E-state index contributed by atoms with van der Waals surface area (Å²) in [6.07, 6.45) is 4.43. The van der Waals surface area contributed by atoms with Gasteiger partial charge in [-0.15, -0.1) is 0 Å². The van der Waals surface area contributed by atoms with Crippen molar-refractivity contribution in [2.75, 3.05) is 0 Å². The quantitative estimate of drug-likeness (QED) is 0.643. The Morgan fingerprint density at radius 3 is 3.14 bits per heavy atom. The van der Waals surface area contributed by atoms with Crippen LogP contribution in [0.4, 0.5) is 4.39 Å². The summed E-state index contributed by atoms with van der Waals surface area (Å²) in [5, 5.41) is 3.40. The molecule has 0 spiro atoms. The zero-order chi connectivity index (χ0) is 9.71. The van der Waals surface area contributed by atoms with Crippen molar-refractivity contribution >= 4 is 0 Å². The van der Waals surface area contributed by atoms with Gasteiger partial charge in [-0.05, 0) is 24.8 Å². The first-order chi connectivity index (χ1) is 6.75. The Kier molecular flexibility index (Phi) is 1.56. The second-order valence-electron chi connectivity index (χ2n) is 4.06. The van der Waals surface area contributed by atoms with Crippen LogP contribution in [0, 0.1) is 5.82 Å². The summed E-state index contributed by atoms with van der Waals surface area (Å²) in [4.78, 5) is 13.5. The molecule has 2 aliphatic heterocycles. The van der Waals surface area contributed by atoms with Gasteiger partial charge in [0.1, 0.15) is 0 Å². The van der Waals surface area contributed by atoms with Gasteiger partial charge in [-0.3, -0.25) is 4.79 Å². The van der Waals surface area contributed by atoms with E-state index in [4.69, 9.17) is 0 Å². The fourth-order valence-corrected chi connectivity index (χ4v) is 2.55. The molecule has 4 heteroatoms. The zero-order valence-corrected chi connectivity index (χ0v) is 7.64. The van der Waals surface area contributed by atoms with E-state index in [9.17, 15) is 9.18 Å². The van der Waals surface area contributed by atoms with E-state index in [1.54, 1.807) is 6.20 Å². The number of rotatable bonds is 0. The first-order valence-corrected chi connectivity index (χ1v) is 4.91. The van der Waals surface area contributed by atoms with Gasteiger partial charge in [0.05, 0.1) is 0 Å². The van der Waals surface area contributed by atoms with E-state index in [0.29, 0.717) is 18.0 Å². The second-order valence-corrected chi connectivity index (χ2v) is 4.06. The Morgan fingerprint density at radius 1 is 1.43 bits per heavy atom. The number of H-pyrrole nitrogens is 1. The van der Waals surface area contributed by atoms with Crippen LogP contribution >= 0.6 is 0 Å². The topological polar surface area (TPSA) is 44.9 Å². The van der Waals surface area contributed by atoms with Crippen LogP contribution in [0.25, 0.3) is 0 Å². The van der Waals surface area contributed by atoms with Crippen molar-refractivity contribution < 1.29 is 4.39 Å². The molecule has 1 aromatic rings. The third kappa shape index (κ3) is 0.973. The van der Waals surface area contributed by atoms with E-state index in [2.05, 4.69) is 10.3 Å². The predicted octanol–water partition coefficient (Wildman–Crippen LogP) is 0.863. The highest BCUT2D eigenvalue weighted by Gasteiger charge is 2.34. The fraction of sp³-hybridized carbons (Fsp3) is 0.500. The van der Waals surface area contributed by atoms with Crippen LogP contribution in [0.5, 0.6) is 0 Å². The lowest BCUT2D eigenvalue weighted by Crippen LogP contribution is -2.34. The van der Waals surface area contributed by atoms with Crippen LogP contribution in [-0.4, -0.2) is 11.0 Å². The highest BCUT2D eigenvalue weighted by molar-refractivity contribution is 5.33. The third-order valence-electron chi connectivity index (χ3n) is 3.24. The maximum Gasteiger partial charge on any atom is 0.284 e. The summed E-state index contributed by atoms with van der Waals surface area (Å²) < 4.78 is 13.5. The van der Waals surface area contributed by atoms with Gasteiger partial charge in [0.15, 0.2) is 5.82 Å². The summed E-state index contributed by atoms with van der Waals surface area (Å²) in [6, 6.07) is 0.610. The smallest absolute Gasteiger partial charge is 0.284 e. The van der Waals surface area contributed by atoms with E-state index in [1.165, 1.54) is 0 Å². The van der Waals surface area contributed by atoms with Gasteiger partial charge in [0, 0.05) is 23.8 Å². The maximum atomic E-state index is 13.5. The zero-order valence-electron chi connectivity index (χ0n) is 7.64. The molecule has 14 heavy (non-hydrogen) atoms. The van der Waals surface area contributed by atoms with Crippen molar-refractivity contribution in [1.29, 1.82) is 0 Å². The molecule has 1 aromatic heterocycles. The van der Waals surface area contributed by atoms with E-state index < -0.39 is 11.4 Å². The normalized spacial score (nSPS) is 28.9. The van der Waals surface area contributed by atoms with Crippen molar-refractivity contribution in [3.8, 4) is 0 Å². The Balaban J connectivity index is 2.23. The molecule has 1 fully saturated rings. The monoisotopic (exact) mass is 194 g/mol. The van der Waals surface area contributed by atoms with Crippen LogP contribution in [0.15, 0.2) is 11.0 Å². The molecule has 3 heterocycles. The number of hydrogen-bond acceptors (Lipinski definition) is 2. The van der Waals surface area contributed by atoms with Crippen molar-refractivity contribution in [1.82, 2.24) is 10.3 Å². The Hall–Kier alpha value is -1.16. The first kappa shape index (κ1) is 8.17. The Labute approximate surface area is 80.3 Å². The molecule has 74 valence electrons. The van der Waals surface area contributed by atoms with Gasteiger partial charge < -0.3 is 10.3 Å². The van der Waals surface area contributed by atoms with Crippen LogP contribution < -0.4 is 10.9 Å². The fourth-order valence-electron chi connectivity index (χ4n) is 2.55. The number of fused-ring (bicyclic) bond motifs is 4. The van der Waals surface area contributed by atoms with Gasteiger partial charge in [-0.2, -0.15) is 0 Å². The highest BCUT2D eigenvalue weighted by Crippen LogP contribution is 2.35. The lowest BCUT2D eigenvalue weighted by Gasteiger charge is -2.24. The second kappa shape index (κ2) is 2.67. The summed E-state index contributed by atoms with van der Waals surface area (Å²) in [6.45, 7) is 0.